The Morgan fingerprint density at radius 2 is 2.04 bits per heavy atom. The first kappa shape index (κ1) is 17.3. The van der Waals surface area contributed by atoms with Crippen LogP contribution in [0.25, 0.3) is 0 Å². The molecule has 0 atom stereocenters. The minimum Gasteiger partial charge on any atom is -0.486 e. The Labute approximate surface area is 141 Å². The Bertz CT molecular complexity index is 770. The van der Waals surface area contributed by atoms with E-state index in [1.807, 2.05) is 49.4 Å². The van der Waals surface area contributed by atoms with Crippen LogP contribution in [-0.2, 0) is 18.0 Å². The van der Waals surface area contributed by atoms with Gasteiger partial charge in [0.15, 0.2) is 0 Å². The van der Waals surface area contributed by atoms with E-state index in [4.69, 9.17) is 13.9 Å². The minimum atomic E-state index is -0.242. The summed E-state index contributed by atoms with van der Waals surface area (Å²) < 4.78 is 16.4. The van der Waals surface area contributed by atoms with Crippen LogP contribution in [0, 0.1) is 0 Å². The van der Waals surface area contributed by atoms with Crippen LogP contribution in [0.15, 0.2) is 88.5 Å². The second-order valence-corrected chi connectivity index (χ2v) is 4.94. The van der Waals surface area contributed by atoms with Crippen LogP contribution in [0.5, 0.6) is 5.75 Å². The number of hydrogen-bond donors (Lipinski definition) is 0. The molecule has 124 valence electrons. The van der Waals surface area contributed by atoms with Crippen molar-refractivity contribution in [2.45, 2.75) is 20.1 Å². The van der Waals surface area contributed by atoms with E-state index in [0.29, 0.717) is 18.1 Å². The van der Waals surface area contributed by atoms with Gasteiger partial charge in [0, 0.05) is 6.07 Å². The summed E-state index contributed by atoms with van der Waals surface area (Å²) in [5.41, 5.74) is 0.738. The molecule has 0 fully saturated rings. The van der Waals surface area contributed by atoms with Crippen molar-refractivity contribution in [3.63, 3.8) is 0 Å². The summed E-state index contributed by atoms with van der Waals surface area (Å²) in [4.78, 5) is 12.1. The maximum atomic E-state index is 12.1. The zero-order valence-electron chi connectivity index (χ0n) is 13.6. The molecule has 0 aliphatic rings. The van der Waals surface area contributed by atoms with Crippen LogP contribution in [-0.4, -0.2) is 0 Å². The molecule has 4 heteroatoms. The van der Waals surface area contributed by atoms with Crippen molar-refractivity contribution in [1.29, 1.82) is 0 Å². The molecule has 0 saturated carbocycles. The van der Waals surface area contributed by atoms with Crippen molar-refractivity contribution >= 4 is 0 Å². The molecular formula is C20H20O4. The summed E-state index contributed by atoms with van der Waals surface area (Å²) in [5.74, 6) is 1.19. The van der Waals surface area contributed by atoms with E-state index >= 15 is 0 Å². The first-order chi connectivity index (χ1) is 11.7. The number of rotatable bonds is 8. The van der Waals surface area contributed by atoms with Crippen LogP contribution in [0.4, 0.5) is 0 Å². The van der Waals surface area contributed by atoms with E-state index in [9.17, 15) is 4.79 Å². The summed E-state index contributed by atoms with van der Waals surface area (Å²) in [7, 11) is 0. The largest absolute Gasteiger partial charge is 0.486 e. The van der Waals surface area contributed by atoms with Gasteiger partial charge in [-0.15, -0.1) is 0 Å². The standard InChI is InChI=1S/C20H20O4/c1-3-5-11-17(4-2)22-14-18-12-19(21)20(15-23-18)24-13-16-9-7-6-8-10-16/h3-12,15H,2,13-14H2,1H3. The lowest BCUT2D eigenvalue weighted by molar-refractivity contribution is 0.183. The summed E-state index contributed by atoms with van der Waals surface area (Å²) in [5, 5.41) is 0. The highest BCUT2D eigenvalue weighted by Gasteiger charge is 2.06. The van der Waals surface area contributed by atoms with Crippen molar-refractivity contribution in [1.82, 2.24) is 0 Å². The summed E-state index contributed by atoms with van der Waals surface area (Å²) in [6, 6.07) is 11.0. The fraction of sp³-hybridized carbons (Fsp3) is 0.150. The van der Waals surface area contributed by atoms with Gasteiger partial charge < -0.3 is 13.9 Å². The molecule has 1 aromatic heterocycles. The highest BCUT2D eigenvalue weighted by atomic mass is 16.5. The van der Waals surface area contributed by atoms with E-state index in [-0.39, 0.29) is 17.8 Å². The second kappa shape index (κ2) is 9.20. The van der Waals surface area contributed by atoms with Crippen molar-refractivity contribution < 1.29 is 13.9 Å². The Morgan fingerprint density at radius 1 is 1.25 bits per heavy atom. The molecule has 2 aromatic rings. The molecule has 0 aliphatic carbocycles. The van der Waals surface area contributed by atoms with Gasteiger partial charge in [-0.3, -0.25) is 4.79 Å². The molecule has 0 radical (unpaired) electrons. The third-order valence-electron chi connectivity index (χ3n) is 3.12. The van der Waals surface area contributed by atoms with Crippen molar-refractivity contribution in [2.75, 3.05) is 0 Å². The lowest BCUT2D eigenvalue weighted by Gasteiger charge is -2.07. The van der Waals surface area contributed by atoms with Gasteiger partial charge in [0.2, 0.25) is 11.2 Å². The van der Waals surface area contributed by atoms with Crippen molar-refractivity contribution in [3.05, 3.63) is 101 Å². The van der Waals surface area contributed by atoms with Gasteiger partial charge in [0.05, 0.1) is 0 Å². The number of hydrogen-bond acceptors (Lipinski definition) is 4. The fourth-order valence-corrected chi connectivity index (χ4v) is 1.88. The van der Waals surface area contributed by atoms with Gasteiger partial charge in [-0.2, -0.15) is 0 Å². The average molecular weight is 324 g/mol. The molecular weight excluding hydrogens is 304 g/mol. The van der Waals surface area contributed by atoms with Crippen LogP contribution in [0.2, 0.25) is 0 Å². The molecule has 0 unspecified atom stereocenters. The predicted octanol–water partition coefficient (Wildman–Crippen LogP) is 4.38. The van der Waals surface area contributed by atoms with Gasteiger partial charge in [-0.25, -0.2) is 0 Å². The van der Waals surface area contributed by atoms with Crippen LogP contribution in [0.3, 0.4) is 0 Å². The zero-order valence-corrected chi connectivity index (χ0v) is 13.6. The van der Waals surface area contributed by atoms with Crippen molar-refractivity contribution in [3.8, 4) is 5.75 Å². The topological polar surface area (TPSA) is 48.7 Å². The van der Waals surface area contributed by atoms with Gasteiger partial charge in [-0.05, 0) is 24.6 Å². The molecule has 0 amide bonds. The highest BCUT2D eigenvalue weighted by Crippen LogP contribution is 2.11. The van der Waals surface area contributed by atoms with Crippen molar-refractivity contribution in [2.24, 2.45) is 0 Å². The van der Waals surface area contributed by atoms with Crippen LogP contribution in [0.1, 0.15) is 18.2 Å². The van der Waals surface area contributed by atoms with E-state index in [1.165, 1.54) is 12.3 Å². The zero-order chi connectivity index (χ0) is 17.2. The quantitative estimate of drug-likeness (QED) is 0.534. The normalized spacial score (nSPS) is 11.5. The van der Waals surface area contributed by atoms with E-state index in [2.05, 4.69) is 6.58 Å². The smallest absolute Gasteiger partial charge is 0.227 e. The first-order valence-corrected chi connectivity index (χ1v) is 7.59. The maximum Gasteiger partial charge on any atom is 0.227 e. The first-order valence-electron chi connectivity index (χ1n) is 7.59. The molecule has 1 aromatic carbocycles. The lowest BCUT2D eigenvalue weighted by Crippen LogP contribution is -2.08. The van der Waals surface area contributed by atoms with Crippen LogP contribution >= 0.6 is 0 Å². The number of allylic oxidation sites excluding steroid dienone is 4. The maximum absolute atomic E-state index is 12.1. The Kier molecular flexibility index (Phi) is 6.65. The third kappa shape index (κ3) is 5.32. The summed E-state index contributed by atoms with van der Waals surface area (Å²) in [6.07, 6.45) is 8.41. The summed E-state index contributed by atoms with van der Waals surface area (Å²) in [6.45, 7) is 6.03. The van der Waals surface area contributed by atoms with E-state index in [1.54, 1.807) is 12.2 Å². The van der Waals surface area contributed by atoms with Gasteiger partial charge in [0.25, 0.3) is 0 Å². The Hall–Kier alpha value is -3.01. The molecule has 0 saturated heterocycles. The third-order valence-corrected chi connectivity index (χ3v) is 3.12. The Balaban J connectivity index is 1.96. The molecule has 0 N–H and O–H groups in total. The molecule has 1 heterocycles. The Morgan fingerprint density at radius 3 is 2.71 bits per heavy atom. The summed E-state index contributed by atoms with van der Waals surface area (Å²) >= 11 is 0. The monoisotopic (exact) mass is 324 g/mol. The number of ether oxygens (including phenoxy) is 2. The second-order valence-electron chi connectivity index (χ2n) is 4.94. The molecule has 0 spiro atoms. The van der Waals surface area contributed by atoms with E-state index in [0.717, 1.165) is 5.56 Å². The fourth-order valence-electron chi connectivity index (χ4n) is 1.88. The van der Waals surface area contributed by atoms with Gasteiger partial charge in [0.1, 0.15) is 31.0 Å². The molecule has 0 bridgehead atoms. The molecule has 4 nitrogen and oxygen atoms in total. The van der Waals surface area contributed by atoms with Gasteiger partial charge >= 0.3 is 0 Å². The predicted molar refractivity (Wildman–Crippen MR) is 93.6 cm³/mol. The molecule has 0 aliphatic heterocycles. The van der Waals surface area contributed by atoms with E-state index < -0.39 is 0 Å². The van der Waals surface area contributed by atoms with Crippen LogP contribution < -0.4 is 10.2 Å². The van der Waals surface area contributed by atoms with Gasteiger partial charge in [-0.1, -0.05) is 49.1 Å². The molecule has 24 heavy (non-hydrogen) atoms. The average Bonchev–Trinajstić information content (AvgIpc) is 2.62. The molecule has 2 rings (SSSR count). The lowest BCUT2D eigenvalue weighted by atomic mass is 10.2. The SMILES string of the molecule is C=CC(=CC=CC)OCc1cc(=O)c(OCc2ccccc2)co1. The minimum absolute atomic E-state index is 0.142. The number of benzene rings is 1. The highest BCUT2D eigenvalue weighted by molar-refractivity contribution is 5.20.